The van der Waals surface area contributed by atoms with Crippen molar-refractivity contribution in [2.45, 2.75) is 0 Å². The van der Waals surface area contributed by atoms with Crippen LogP contribution in [0.25, 0.3) is 11.1 Å². The number of fused-ring (bicyclic) bond motifs is 6. The molecule has 0 radical (unpaired) electrons. The van der Waals surface area contributed by atoms with Crippen LogP contribution in [0.1, 0.15) is 21.0 Å². The van der Waals surface area contributed by atoms with Gasteiger partial charge in [-0.05, 0) is 35.4 Å². The Bertz CT molecular complexity index is 1080. The Morgan fingerprint density at radius 3 is 2.53 bits per heavy atom. The summed E-state index contributed by atoms with van der Waals surface area (Å²) in [5.41, 5.74) is 2.38. The largest absolute Gasteiger partial charge is 0.378 e. The van der Waals surface area contributed by atoms with Crippen molar-refractivity contribution in [3.63, 3.8) is 0 Å². The molecule has 2 amide bonds. The Morgan fingerprint density at radius 2 is 1.70 bits per heavy atom. The van der Waals surface area contributed by atoms with E-state index in [0.29, 0.717) is 37.8 Å². The molecule has 0 unspecified atom stereocenters. The van der Waals surface area contributed by atoms with Gasteiger partial charge in [0.05, 0.1) is 18.9 Å². The van der Waals surface area contributed by atoms with E-state index in [9.17, 15) is 9.59 Å². The van der Waals surface area contributed by atoms with Crippen LogP contribution in [0.4, 0.5) is 11.5 Å². The molecule has 4 heterocycles. The van der Waals surface area contributed by atoms with Gasteiger partial charge in [-0.3, -0.25) is 19.3 Å². The van der Waals surface area contributed by atoms with Crippen molar-refractivity contribution < 1.29 is 14.3 Å². The summed E-state index contributed by atoms with van der Waals surface area (Å²) in [6, 6.07) is 7.28. The first-order chi connectivity index (χ1) is 14.6. The second-order valence-electron chi connectivity index (χ2n) is 6.67. The Morgan fingerprint density at radius 1 is 0.967 bits per heavy atom. The molecular formula is C20H21N7O3. The average Bonchev–Trinajstić information content (AvgIpc) is 3.12. The third-order valence-electron chi connectivity index (χ3n) is 4.46. The van der Waals surface area contributed by atoms with Gasteiger partial charge < -0.3 is 20.7 Å². The molecule has 3 aromatic heterocycles. The highest BCUT2D eigenvalue weighted by Gasteiger charge is 2.19. The van der Waals surface area contributed by atoms with Gasteiger partial charge in [0.25, 0.3) is 11.8 Å². The van der Waals surface area contributed by atoms with Crippen LogP contribution < -0.4 is 16.0 Å². The van der Waals surface area contributed by atoms with Crippen LogP contribution in [-0.2, 0) is 11.8 Å². The van der Waals surface area contributed by atoms with Crippen LogP contribution in [0.2, 0.25) is 0 Å². The molecule has 0 atom stereocenters. The predicted molar refractivity (Wildman–Crippen MR) is 110 cm³/mol. The number of nitrogens with zero attached hydrogens (tertiary/aromatic N) is 4. The van der Waals surface area contributed by atoms with Gasteiger partial charge in [0.1, 0.15) is 11.5 Å². The number of carbonyl (C=O) groups is 2. The van der Waals surface area contributed by atoms with E-state index in [1.165, 1.54) is 4.68 Å². The summed E-state index contributed by atoms with van der Waals surface area (Å²) in [5, 5.41) is 12.8. The van der Waals surface area contributed by atoms with Crippen molar-refractivity contribution in [3.05, 3.63) is 54.2 Å². The SMILES string of the molecule is Cn1cc2c(n1)C(=O)NCCOCCNc1cc(ccn1)-c1ccnc(c1)C(=O)N2. The van der Waals surface area contributed by atoms with Gasteiger partial charge in [0.2, 0.25) is 0 Å². The number of anilines is 2. The van der Waals surface area contributed by atoms with Gasteiger partial charge >= 0.3 is 0 Å². The summed E-state index contributed by atoms with van der Waals surface area (Å²) in [6.07, 6.45) is 4.85. The van der Waals surface area contributed by atoms with E-state index in [2.05, 4.69) is 31.0 Å². The lowest BCUT2D eigenvalue weighted by atomic mass is 10.1. The van der Waals surface area contributed by atoms with E-state index in [4.69, 9.17) is 4.74 Å². The number of aryl methyl sites for hydroxylation is 1. The summed E-state index contributed by atoms with van der Waals surface area (Å²) >= 11 is 0. The molecule has 1 aliphatic heterocycles. The molecule has 4 bridgehead atoms. The van der Waals surface area contributed by atoms with Gasteiger partial charge in [-0.15, -0.1) is 0 Å². The number of aromatic nitrogens is 4. The lowest BCUT2D eigenvalue weighted by Gasteiger charge is -2.11. The maximum Gasteiger partial charge on any atom is 0.274 e. The first kappa shape index (κ1) is 19.5. The normalized spacial score (nSPS) is 15.1. The zero-order chi connectivity index (χ0) is 20.9. The first-order valence-electron chi connectivity index (χ1n) is 9.47. The van der Waals surface area contributed by atoms with E-state index < -0.39 is 11.8 Å². The van der Waals surface area contributed by atoms with Crippen LogP contribution in [0.5, 0.6) is 0 Å². The van der Waals surface area contributed by atoms with Gasteiger partial charge in [0, 0.05) is 38.7 Å². The zero-order valence-corrected chi connectivity index (χ0v) is 16.4. The molecule has 0 fully saturated rings. The summed E-state index contributed by atoms with van der Waals surface area (Å²) in [7, 11) is 1.68. The smallest absolute Gasteiger partial charge is 0.274 e. The molecule has 0 aliphatic carbocycles. The molecule has 0 spiro atoms. The second-order valence-corrected chi connectivity index (χ2v) is 6.67. The Balaban J connectivity index is 1.68. The van der Waals surface area contributed by atoms with Crippen LogP contribution in [0.3, 0.4) is 0 Å². The standard InChI is InChI=1S/C20H21N7O3/c1-27-12-16-18(26-27)20(29)24-7-9-30-8-6-23-17-11-14(3-5-22-17)13-2-4-21-15(10-13)19(28)25-16/h2-5,10-12H,6-9H2,1H3,(H,22,23)(H,24,29)(H,25,28). The third kappa shape index (κ3) is 4.44. The lowest BCUT2D eigenvalue weighted by Crippen LogP contribution is -2.29. The lowest BCUT2D eigenvalue weighted by molar-refractivity contribution is 0.0916. The number of hydrogen-bond donors (Lipinski definition) is 3. The predicted octanol–water partition coefficient (Wildman–Crippen LogP) is 1.30. The Hall–Kier alpha value is -3.79. The van der Waals surface area contributed by atoms with Gasteiger partial charge in [-0.2, -0.15) is 5.10 Å². The van der Waals surface area contributed by atoms with E-state index in [1.54, 1.807) is 31.7 Å². The molecule has 3 N–H and O–H groups in total. The van der Waals surface area contributed by atoms with Crippen molar-refractivity contribution >= 4 is 23.3 Å². The number of hydrogen-bond acceptors (Lipinski definition) is 7. The molecule has 0 saturated carbocycles. The molecular weight excluding hydrogens is 386 g/mol. The van der Waals surface area contributed by atoms with Crippen molar-refractivity contribution in [1.82, 2.24) is 25.1 Å². The minimum atomic E-state index is -0.434. The summed E-state index contributed by atoms with van der Waals surface area (Å²) in [6.45, 7) is 1.70. The molecule has 154 valence electrons. The summed E-state index contributed by atoms with van der Waals surface area (Å²) < 4.78 is 7.01. The average molecular weight is 407 g/mol. The van der Waals surface area contributed by atoms with Crippen LogP contribution in [0, 0.1) is 0 Å². The molecule has 10 heteroatoms. The number of amides is 2. The Labute approximate surface area is 172 Å². The highest BCUT2D eigenvalue weighted by Crippen LogP contribution is 2.22. The number of rotatable bonds is 0. The van der Waals surface area contributed by atoms with Crippen molar-refractivity contribution in [1.29, 1.82) is 0 Å². The van der Waals surface area contributed by atoms with Crippen LogP contribution >= 0.6 is 0 Å². The first-order valence-corrected chi connectivity index (χ1v) is 9.47. The minimum absolute atomic E-state index is 0.128. The summed E-state index contributed by atoms with van der Waals surface area (Å²) in [5.74, 6) is -0.126. The molecule has 0 aromatic carbocycles. The maximum absolute atomic E-state index is 12.8. The molecule has 3 aromatic rings. The Kier molecular flexibility index (Phi) is 5.66. The van der Waals surface area contributed by atoms with Crippen LogP contribution in [-0.4, -0.2) is 57.9 Å². The van der Waals surface area contributed by atoms with Gasteiger partial charge in [0.15, 0.2) is 5.69 Å². The molecule has 4 rings (SSSR count). The van der Waals surface area contributed by atoms with Gasteiger partial charge in [-0.25, -0.2) is 4.98 Å². The molecule has 10 nitrogen and oxygen atoms in total. The van der Waals surface area contributed by atoms with Crippen LogP contribution in [0.15, 0.2) is 42.9 Å². The highest BCUT2D eigenvalue weighted by atomic mass is 16.5. The molecule has 0 saturated heterocycles. The minimum Gasteiger partial charge on any atom is -0.378 e. The molecule has 30 heavy (non-hydrogen) atoms. The van der Waals surface area contributed by atoms with E-state index in [-0.39, 0.29) is 11.4 Å². The fourth-order valence-electron chi connectivity index (χ4n) is 3.05. The van der Waals surface area contributed by atoms with Crippen molar-refractivity contribution in [2.75, 3.05) is 36.9 Å². The van der Waals surface area contributed by atoms with E-state index in [1.807, 2.05) is 18.2 Å². The fourth-order valence-corrected chi connectivity index (χ4v) is 3.05. The number of carbonyl (C=O) groups excluding carboxylic acids is 2. The quantitative estimate of drug-likeness (QED) is 0.513. The second kappa shape index (κ2) is 8.70. The summed E-state index contributed by atoms with van der Waals surface area (Å²) in [4.78, 5) is 33.7. The van der Waals surface area contributed by atoms with Crippen molar-refractivity contribution in [3.8, 4) is 11.1 Å². The van der Waals surface area contributed by atoms with Crippen molar-refractivity contribution in [2.24, 2.45) is 7.05 Å². The topological polar surface area (TPSA) is 123 Å². The monoisotopic (exact) mass is 407 g/mol. The van der Waals surface area contributed by atoms with E-state index >= 15 is 0 Å². The number of pyridine rings is 2. The zero-order valence-electron chi connectivity index (χ0n) is 16.4. The third-order valence-corrected chi connectivity index (χ3v) is 4.46. The van der Waals surface area contributed by atoms with Gasteiger partial charge in [-0.1, -0.05) is 0 Å². The highest BCUT2D eigenvalue weighted by molar-refractivity contribution is 6.07. The molecule has 1 aliphatic rings. The fraction of sp³-hybridized carbons (Fsp3) is 0.250. The number of ether oxygens (including phenoxy) is 1. The number of nitrogens with one attached hydrogen (secondary N) is 3. The maximum atomic E-state index is 12.8. The van der Waals surface area contributed by atoms with E-state index in [0.717, 1.165) is 11.1 Å².